The number of halogens is 24. The van der Waals surface area contributed by atoms with Gasteiger partial charge in [0.15, 0.2) is 46.5 Å². The van der Waals surface area contributed by atoms with E-state index in [1.807, 2.05) is 0 Å². The lowest BCUT2D eigenvalue weighted by Crippen LogP contribution is -2.85. The number of hydrogen-bond acceptors (Lipinski definition) is 0. The summed E-state index contributed by atoms with van der Waals surface area (Å²) in [5, 5.41) is 0. The highest BCUT2D eigenvalue weighted by Crippen LogP contribution is 2.80. The molecule has 0 heterocycles. The standard InChI is InChI=1S/C20F24/c21-4-1-2(5(22)9(26)8(4)25)14(30,16(32,19(39,40)41)20(42,43)44)13(1,15(31,17(33,34)35)18(36,37)38)3-6(23)10(27)12(29)11(28)7(3)24. The quantitative estimate of drug-likeness (QED) is 0.171. The molecular weight excluding hydrogens is 696 g/mol. The highest BCUT2D eigenvalue weighted by atomic mass is 19.4. The molecule has 0 fully saturated rings. The van der Waals surface area contributed by atoms with Crippen molar-refractivity contribution in [3.8, 4) is 0 Å². The van der Waals surface area contributed by atoms with Crippen LogP contribution in [0, 0.1) is 52.4 Å². The van der Waals surface area contributed by atoms with Crippen LogP contribution in [-0.4, -0.2) is 36.0 Å². The van der Waals surface area contributed by atoms with Gasteiger partial charge in [-0.05, 0) is 0 Å². The molecule has 3 rings (SSSR count). The van der Waals surface area contributed by atoms with Gasteiger partial charge in [0.05, 0.1) is 0 Å². The molecule has 0 aliphatic heterocycles. The molecule has 2 aromatic rings. The molecular formula is C20F24. The van der Waals surface area contributed by atoms with Crippen LogP contribution in [0.2, 0.25) is 0 Å². The van der Waals surface area contributed by atoms with Crippen molar-refractivity contribution in [3.05, 3.63) is 69.0 Å². The summed E-state index contributed by atoms with van der Waals surface area (Å²) in [5.74, 6) is -37.7. The number of rotatable bonds is 3. The zero-order chi connectivity index (χ0) is 34.9. The van der Waals surface area contributed by atoms with Gasteiger partial charge in [-0.15, -0.1) is 0 Å². The summed E-state index contributed by atoms with van der Waals surface area (Å²) in [7, 11) is 0. The van der Waals surface area contributed by atoms with Gasteiger partial charge in [0.2, 0.25) is 11.5 Å². The second kappa shape index (κ2) is 9.16. The maximum Gasteiger partial charge on any atom is 0.435 e. The fourth-order valence-corrected chi connectivity index (χ4v) is 4.99. The Morgan fingerprint density at radius 3 is 0.795 bits per heavy atom. The van der Waals surface area contributed by atoms with E-state index in [-0.39, 0.29) is 0 Å². The summed E-state index contributed by atoms with van der Waals surface area (Å²) in [6.45, 7) is 0. The molecule has 24 heteroatoms. The average molecular weight is 696 g/mol. The molecule has 0 saturated carbocycles. The number of alkyl halides is 15. The van der Waals surface area contributed by atoms with Gasteiger partial charge in [-0.25, -0.2) is 52.7 Å². The van der Waals surface area contributed by atoms with Gasteiger partial charge >= 0.3 is 36.0 Å². The Morgan fingerprint density at radius 1 is 0.295 bits per heavy atom. The van der Waals surface area contributed by atoms with Crippen LogP contribution in [0.15, 0.2) is 0 Å². The minimum Gasteiger partial charge on any atom is -0.233 e. The Bertz CT molecular complexity index is 1480. The van der Waals surface area contributed by atoms with Crippen LogP contribution in [-0.2, 0) is 11.1 Å². The predicted molar refractivity (Wildman–Crippen MR) is 88.0 cm³/mol. The molecule has 0 nitrogen and oxygen atoms in total. The first-order valence-corrected chi connectivity index (χ1v) is 10.0. The molecule has 0 spiro atoms. The van der Waals surface area contributed by atoms with E-state index in [1.54, 1.807) is 0 Å². The Kier molecular flexibility index (Phi) is 7.34. The lowest BCUT2D eigenvalue weighted by Gasteiger charge is -2.63. The fraction of sp³-hybridized carbons (Fsp3) is 0.400. The van der Waals surface area contributed by atoms with Crippen molar-refractivity contribution in [2.75, 3.05) is 0 Å². The maximum absolute atomic E-state index is 16.6. The monoisotopic (exact) mass is 696 g/mol. The molecule has 1 aliphatic rings. The highest BCUT2D eigenvalue weighted by molar-refractivity contribution is 5.68. The third-order valence-corrected chi connectivity index (χ3v) is 6.64. The van der Waals surface area contributed by atoms with Crippen LogP contribution in [0.25, 0.3) is 0 Å². The normalized spacial score (nSPS) is 21.8. The average Bonchev–Trinajstić information content (AvgIpc) is 2.85. The minimum atomic E-state index is -8.88. The first-order valence-electron chi connectivity index (χ1n) is 10.0. The molecule has 0 radical (unpaired) electrons. The lowest BCUT2D eigenvalue weighted by molar-refractivity contribution is -0.427. The van der Waals surface area contributed by atoms with Gasteiger partial charge in [-0.3, -0.25) is 0 Å². The Balaban J connectivity index is 3.10. The van der Waals surface area contributed by atoms with E-state index < -0.39 is 116 Å². The van der Waals surface area contributed by atoms with Crippen molar-refractivity contribution in [2.45, 2.75) is 47.1 Å². The summed E-state index contributed by atoms with van der Waals surface area (Å²) >= 11 is 0. The summed E-state index contributed by atoms with van der Waals surface area (Å²) in [5.41, 5.74) is -47.8. The Hall–Kier alpha value is -3.24. The van der Waals surface area contributed by atoms with E-state index in [2.05, 4.69) is 0 Å². The van der Waals surface area contributed by atoms with E-state index in [0.717, 1.165) is 0 Å². The van der Waals surface area contributed by atoms with Crippen LogP contribution < -0.4 is 0 Å². The van der Waals surface area contributed by atoms with E-state index in [1.165, 1.54) is 0 Å². The third kappa shape index (κ3) is 3.49. The molecule has 2 aromatic carbocycles. The Labute approximate surface area is 222 Å². The van der Waals surface area contributed by atoms with Gasteiger partial charge < -0.3 is 0 Å². The topological polar surface area (TPSA) is 0 Å². The van der Waals surface area contributed by atoms with Crippen LogP contribution >= 0.6 is 0 Å². The van der Waals surface area contributed by atoms with E-state index in [9.17, 15) is 92.2 Å². The maximum atomic E-state index is 16.6. The number of benzene rings is 2. The van der Waals surface area contributed by atoms with E-state index in [4.69, 9.17) is 0 Å². The zero-order valence-electron chi connectivity index (χ0n) is 19.1. The molecule has 0 N–H and O–H groups in total. The summed E-state index contributed by atoms with van der Waals surface area (Å²) in [4.78, 5) is 0. The molecule has 1 aliphatic carbocycles. The molecule has 0 amide bonds. The van der Waals surface area contributed by atoms with Crippen molar-refractivity contribution >= 4 is 0 Å². The first-order chi connectivity index (χ1) is 19.3. The third-order valence-electron chi connectivity index (χ3n) is 6.64. The van der Waals surface area contributed by atoms with E-state index in [0.29, 0.717) is 0 Å². The summed E-state index contributed by atoms with van der Waals surface area (Å²) in [6, 6.07) is 0. The predicted octanol–water partition coefficient (Wildman–Crippen LogP) is 9.07. The van der Waals surface area contributed by atoms with Crippen LogP contribution in [0.3, 0.4) is 0 Å². The van der Waals surface area contributed by atoms with Crippen molar-refractivity contribution < 1.29 is 105 Å². The first kappa shape index (κ1) is 35.2. The van der Waals surface area contributed by atoms with Crippen LogP contribution in [0.5, 0.6) is 0 Å². The Morgan fingerprint density at radius 2 is 0.523 bits per heavy atom. The van der Waals surface area contributed by atoms with Crippen molar-refractivity contribution in [2.24, 2.45) is 0 Å². The SMILES string of the molecule is Fc1c(F)c(F)c(C2(C(F)(C(F)(F)F)C(F)(F)F)c3c(F)c(F)c(F)c(F)c3C2(F)C(F)(C(F)(F)F)C(F)(F)F)c(F)c1F. The molecule has 0 saturated heterocycles. The molecule has 2 atom stereocenters. The van der Waals surface area contributed by atoms with Crippen molar-refractivity contribution in [1.82, 2.24) is 0 Å². The van der Waals surface area contributed by atoms with E-state index >= 15 is 13.2 Å². The molecule has 2 unspecified atom stereocenters. The molecule has 44 heavy (non-hydrogen) atoms. The van der Waals surface area contributed by atoms with Gasteiger partial charge in [0.1, 0.15) is 5.41 Å². The van der Waals surface area contributed by atoms with Gasteiger partial charge in [-0.1, -0.05) is 0 Å². The number of fused-ring (bicyclic) bond motifs is 1. The molecule has 0 aromatic heterocycles. The number of hydrogen-bond donors (Lipinski definition) is 0. The van der Waals surface area contributed by atoms with Crippen molar-refractivity contribution in [3.63, 3.8) is 0 Å². The second-order valence-corrected chi connectivity index (χ2v) is 8.67. The minimum absolute atomic E-state index is 3.78. The molecule has 0 bridgehead atoms. The lowest BCUT2D eigenvalue weighted by atomic mass is 9.40. The summed E-state index contributed by atoms with van der Waals surface area (Å²) in [6.07, 6.45) is -34.4. The van der Waals surface area contributed by atoms with Gasteiger partial charge in [-0.2, -0.15) is 52.7 Å². The molecule has 248 valence electrons. The zero-order valence-corrected chi connectivity index (χ0v) is 19.1. The van der Waals surface area contributed by atoms with Crippen LogP contribution in [0.4, 0.5) is 105 Å². The van der Waals surface area contributed by atoms with Crippen LogP contribution in [0.1, 0.15) is 16.7 Å². The second-order valence-electron chi connectivity index (χ2n) is 8.67. The largest absolute Gasteiger partial charge is 0.435 e. The smallest absolute Gasteiger partial charge is 0.233 e. The van der Waals surface area contributed by atoms with Gasteiger partial charge in [0, 0.05) is 16.7 Å². The summed E-state index contributed by atoms with van der Waals surface area (Å²) < 4.78 is 342. The van der Waals surface area contributed by atoms with Gasteiger partial charge in [0.25, 0.3) is 0 Å². The fourth-order valence-electron chi connectivity index (χ4n) is 4.99. The van der Waals surface area contributed by atoms with Crippen molar-refractivity contribution in [1.29, 1.82) is 0 Å². The highest BCUT2D eigenvalue weighted by Gasteiger charge is 3.01.